The Bertz CT molecular complexity index is 643. The van der Waals surface area contributed by atoms with Crippen LogP contribution < -0.4 is 5.32 Å². The minimum absolute atomic E-state index is 0.452. The minimum atomic E-state index is -0.818. The number of carboxylic acid groups (broad SMARTS) is 1. The van der Waals surface area contributed by atoms with Gasteiger partial charge in [-0.25, -0.2) is 4.79 Å². The first-order chi connectivity index (χ1) is 10.2. The molecular weight excluding hydrogens is 282 g/mol. The quantitative estimate of drug-likeness (QED) is 0.867. The number of nitrogens with one attached hydrogen (secondary N) is 1. The highest BCUT2D eigenvalue weighted by atomic mass is 32.1. The van der Waals surface area contributed by atoms with Crippen molar-refractivity contribution in [2.75, 3.05) is 0 Å². The van der Waals surface area contributed by atoms with E-state index < -0.39 is 5.97 Å². The highest BCUT2D eigenvalue weighted by Gasteiger charge is 2.23. The second-order valence-corrected chi connectivity index (χ2v) is 6.98. The van der Waals surface area contributed by atoms with E-state index in [-0.39, 0.29) is 0 Å². The summed E-state index contributed by atoms with van der Waals surface area (Å²) in [5, 5.41) is 14.1. The van der Waals surface area contributed by atoms with E-state index in [1.54, 1.807) is 0 Å². The van der Waals surface area contributed by atoms with E-state index in [9.17, 15) is 9.90 Å². The van der Waals surface area contributed by atoms with Crippen molar-refractivity contribution in [3.63, 3.8) is 0 Å². The monoisotopic (exact) mass is 303 g/mol. The van der Waals surface area contributed by atoms with E-state index in [0.29, 0.717) is 17.5 Å². The maximum Gasteiger partial charge on any atom is 0.346 e. The Hall–Kier alpha value is -1.39. The van der Waals surface area contributed by atoms with E-state index >= 15 is 0 Å². The second-order valence-electron chi connectivity index (χ2n) is 5.93. The predicted molar refractivity (Wildman–Crippen MR) is 87.0 cm³/mol. The summed E-state index contributed by atoms with van der Waals surface area (Å²) in [6.07, 6.45) is 5.26. The molecule has 0 aliphatic heterocycles. The SMILES string of the molecule is C[C@H](NCc1c(C(=O)O)sc2ccccc12)C1CCCC1. The highest BCUT2D eigenvalue weighted by Crippen LogP contribution is 2.32. The molecule has 1 saturated carbocycles. The molecule has 0 saturated heterocycles. The lowest BCUT2D eigenvalue weighted by Gasteiger charge is -2.20. The molecule has 1 fully saturated rings. The van der Waals surface area contributed by atoms with Crippen molar-refractivity contribution in [3.05, 3.63) is 34.7 Å². The van der Waals surface area contributed by atoms with Gasteiger partial charge in [0.15, 0.2) is 0 Å². The van der Waals surface area contributed by atoms with Gasteiger partial charge in [-0.15, -0.1) is 11.3 Å². The molecule has 2 N–H and O–H groups in total. The number of aromatic carboxylic acids is 1. The molecule has 0 bridgehead atoms. The third kappa shape index (κ3) is 2.97. The van der Waals surface area contributed by atoms with Gasteiger partial charge >= 0.3 is 5.97 Å². The molecule has 0 radical (unpaired) electrons. The van der Waals surface area contributed by atoms with Crippen molar-refractivity contribution >= 4 is 27.4 Å². The number of carboxylic acids is 1. The third-order valence-electron chi connectivity index (χ3n) is 4.60. The number of rotatable bonds is 5. The normalized spacial score (nSPS) is 17.4. The zero-order valence-corrected chi connectivity index (χ0v) is 13.1. The number of thiophene rings is 1. The Kier molecular flexibility index (Phi) is 4.27. The average molecular weight is 303 g/mol. The number of hydrogen-bond acceptors (Lipinski definition) is 3. The summed E-state index contributed by atoms with van der Waals surface area (Å²) >= 11 is 1.38. The molecule has 1 aliphatic carbocycles. The van der Waals surface area contributed by atoms with Gasteiger partial charge in [-0.3, -0.25) is 0 Å². The van der Waals surface area contributed by atoms with Gasteiger partial charge in [0.1, 0.15) is 4.88 Å². The lowest BCUT2D eigenvalue weighted by Crippen LogP contribution is -2.32. The summed E-state index contributed by atoms with van der Waals surface area (Å²) in [6.45, 7) is 2.87. The van der Waals surface area contributed by atoms with Crippen LogP contribution in [0, 0.1) is 5.92 Å². The fraction of sp³-hybridized carbons (Fsp3) is 0.471. The molecule has 1 aromatic carbocycles. The molecular formula is C17H21NO2S. The maximum atomic E-state index is 11.5. The fourth-order valence-electron chi connectivity index (χ4n) is 3.33. The molecule has 3 nitrogen and oxygen atoms in total. The molecule has 1 atom stereocenters. The van der Waals surface area contributed by atoms with Crippen LogP contribution in [0.5, 0.6) is 0 Å². The van der Waals surface area contributed by atoms with E-state index in [0.717, 1.165) is 21.6 Å². The predicted octanol–water partition coefficient (Wildman–Crippen LogP) is 4.27. The number of carbonyl (C=O) groups is 1. The van der Waals surface area contributed by atoms with Crippen molar-refractivity contribution in [1.29, 1.82) is 0 Å². The molecule has 1 heterocycles. The molecule has 0 amide bonds. The van der Waals surface area contributed by atoms with Gasteiger partial charge in [-0.1, -0.05) is 31.0 Å². The Morgan fingerprint density at radius 3 is 2.81 bits per heavy atom. The standard InChI is InChI=1S/C17H21NO2S/c1-11(12-6-2-3-7-12)18-10-14-13-8-4-5-9-15(13)21-16(14)17(19)20/h4-5,8-9,11-12,18H,2-3,6-7,10H2,1H3,(H,19,20)/t11-/m0/s1. The Morgan fingerprint density at radius 1 is 1.38 bits per heavy atom. The molecule has 4 heteroatoms. The van der Waals surface area contributed by atoms with Crippen LogP contribution in [0.1, 0.15) is 47.8 Å². The van der Waals surface area contributed by atoms with Crippen LogP contribution in [0.3, 0.4) is 0 Å². The lowest BCUT2D eigenvalue weighted by atomic mass is 9.99. The van der Waals surface area contributed by atoms with Crippen LogP contribution in [-0.2, 0) is 6.54 Å². The molecule has 112 valence electrons. The van der Waals surface area contributed by atoms with Gasteiger partial charge in [0, 0.05) is 17.3 Å². The zero-order valence-electron chi connectivity index (χ0n) is 12.3. The Balaban J connectivity index is 1.81. The summed E-state index contributed by atoms with van der Waals surface area (Å²) in [4.78, 5) is 11.9. The topological polar surface area (TPSA) is 49.3 Å². The Labute approximate surface area is 129 Å². The average Bonchev–Trinajstić information content (AvgIpc) is 3.12. The number of benzene rings is 1. The van der Waals surface area contributed by atoms with Crippen LogP contribution in [0.15, 0.2) is 24.3 Å². The van der Waals surface area contributed by atoms with E-state index in [2.05, 4.69) is 12.2 Å². The first-order valence-electron chi connectivity index (χ1n) is 7.64. The molecule has 21 heavy (non-hydrogen) atoms. The summed E-state index contributed by atoms with van der Waals surface area (Å²) in [6, 6.07) is 8.41. The van der Waals surface area contributed by atoms with E-state index in [4.69, 9.17) is 0 Å². The third-order valence-corrected chi connectivity index (χ3v) is 5.80. The second kappa shape index (κ2) is 6.16. The van der Waals surface area contributed by atoms with Crippen molar-refractivity contribution in [3.8, 4) is 0 Å². The Morgan fingerprint density at radius 2 is 2.10 bits per heavy atom. The molecule has 0 spiro atoms. The number of fused-ring (bicyclic) bond motifs is 1. The van der Waals surface area contributed by atoms with Crippen molar-refractivity contribution in [1.82, 2.24) is 5.32 Å². The lowest BCUT2D eigenvalue weighted by molar-refractivity contribution is 0.0701. The molecule has 0 unspecified atom stereocenters. The van der Waals surface area contributed by atoms with Gasteiger partial charge in [-0.05, 0) is 42.7 Å². The first-order valence-corrected chi connectivity index (χ1v) is 8.45. The molecule has 1 aliphatic rings. The summed E-state index contributed by atoms with van der Waals surface area (Å²) in [5.41, 5.74) is 0.938. The zero-order chi connectivity index (χ0) is 14.8. The van der Waals surface area contributed by atoms with Crippen LogP contribution in [0.25, 0.3) is 10.1 Å². The largest absolute Gasteiger partial charge is 0.477 e. The van der Waals surface area contributed by atoms with Gasteiger partial charge in [0.25, 0.3) is 0 Å². The summed E-state index contributed by atoms with van der Waals surface area (Å²) < 4.78 is 1.06. The first kappa shape index (κ1) is 14.5. The summed E-state index contributed by atoms with van der Waals surface area (Å²) in [5.74, 6) is -0.0790. The summed E-state index contributed by atoms with van der Waals surface area (Å²) in [7, 11) is 0. The fourth-order valence-corrected chi connectivity index (χ4v) is 4.39. The van der Waals surface area contributed by atoms with Crippen LogP contribution in [0.2, 0.25) is 0 Å². The van der Waals surface area contributed by atoms with E-state index in [1.807, 2.05) is 24.3 Å². The van der Waals surface area contributed by atoms with E-state index in [1.165, 1.54) is 37.0 Å². The minimum Gasteiger partial charge on any atom is -0.477 e. The van der Waals surface area contributed by atoms with Crippen molar-refractivity contribution in [2.24, 2.45) is 5.92 Å². The van der Waals surface area contributed by atoms with Crippen LogP contribution in [0.4, 0.5) is 0 Å². The molecule has 3 rings (SSSR count). The smallest absolute Gasteiger partial charge is 0.346 e. The highest BCUT2D eigenvalue weighted by molar-refractivity contribution is 7.21. The van der Waals surface area contributed by atoms with Crippen molar-refractivity contribution in [2.45, 2.75) is 45.2 Å². The maximum absolute atomic E-state index is 11.5. The van der Waals surface area contributed by atoms with Gasteiger partial charge < -0.3 is 10.4 Å². The van der Waals surface area contributed by atoms with Gasteiger partial charge in [0.2, 0.25) is 0 Å². The van der Waals surface area contributed by atoms with Crippen LogP contribution in [-0.4, -0.2) is 17.1 Å². The van der Waals surface area contributed by atoms with Crippen LogP contribution >= 0.6 is 11.3 Å². The van der Waals surface area contributed by atoms with Gasteiger partial charge in [0.05, 0.1) is 0 Å². The molecule has 1 aromatic heterocycles. The molecule has 2 aromatic rings. The van der Waals surface area contributed by atoms with Gasteiger partial charge in [-0.2, -0.15) is 0 Å². The van der Waals surface area contributed by atoms with Crippen molar-refractivity contribution < 1.29 is 9.90 Å². The number of hydrogen-bond donors (Lipinski definition) is 2.